The first kappa shape index (κ1) is 23.1. The monoisotopic (exact) mass is 502 g/mol. The van der Waals surface area contributed by atoms with Gasteiger partial charge >= 0.3 is 0 Å². The van der Waals surface area contributed by atoms with Gasteiger partial charge in [-0.1, -0.05) is 54.1 Å². The lowest BCUT2D eigenvalue weighted by Gasteiger charge is -2.24. The van der Waals surface area contributed by atoms with E-state index in [0.29, 0.717) is 27.8 Å². The number of hydrogen-bond donors (Lipinski definition) is 2. The van der Waals surface area contributed by atoms with Crippen LogP contribution < -0.4 is 15.6 Å². The Morgan fingerprint density at radius 1 is 1.11 bits per heavy atom. The Morgan fingerprint density at radius 2 is 1.89 bits per heavy atom. The summed E-state index contributed by atoms with van der Waals surface area (Å²) in [5.74, 6) is 0.747. The molecule has 176 valence electrons. The van der Waals surface area contributed by atoms with E-state index in [0.717, 1.165) is 33.3 Å². The highest BCUT2D eigenvalue weighted by atomic mass is 35.5. The molecule has 1 aliphatic heterocycles. The number of aromatic nitrogens is 1. The number of rotatable bonds is 4. The summed E-state index contributed by atoms with van der Waals surface area (Å²) in [7, 11) is 3.40. The topological polar surface area (TPSA) is 69.7 Å². The number of thiocarbonyl (C=S) groups is 1. The minimum Gasteiger partial charge on any atom is -0.497 e. The molecule has 0 spiro atoms. The van der Waals surface area contributed by atoms with Crippen LogP contribution in [0.3, 0.4) is 0 Å². The van der Waals surface area contributed by atoms with E-state index >= 15 is 0 Å². The number of hydrazone groups is 1. The predicted octanol–water partition coefficient (Wildman–Crippen LogP) is 5.51. The maximum absolute atomic E-state index is 13.5. The maximum atomic E-state index is 13.5. The van der Waals surface area contributed by atoms with Crippen LogP contribution in [0.25, 0.3) is 22.0 Å². The highest BCUT2D eigenvalue weighted by Gasteiger charge is 2.34. The van der Waals surface area contributed by atoms with Gasteiger partial charge in [0, 0.05) is 35.0 Å². The quantitative estimate of drug-likeness (QED) is 0.360. The Hall–Kier alpha value is -3.68. The average molecular weight is 503 g/mol. The molecule has 1 aromatic heterocycles. The first-order chi connectivity index (χ1) is 17.0. The lowest BCUT2D eigenvalue weighted by Crippen LogP contribution is -2.34. The maximum Gasteiger partial charge on any atom is 0.258 e. The van der Waals surface area contributed by atoms with Crippen molar-refractivity contribution in [3.05, 3.63) is 99.3 Å². The standard InChI is InChI=1S/C27H23ClN4O2S/c1-29-27(35)32-23(17-6-5-7-19(14-17)34-2)15-22(31-32)25-24(16-10-12-18(28)13-11-16)20-8-3-4-9-21(20)30-26(25)33/h3-14,23H,15H2,1-2H3,(H,29,35)(H,30,33). The Bertz CT molecular complexity index is 1510. The van der Waals surface area contributed by atoms with Crippen LogP contribution in [0, 0.1) is 0 Å². The number of ether oxygens (including phenoxy) is 1. The van der Waals surface area contributed by atoms with E-state index in [9.17, 15) is 4.79 Å². The van der Waals surface area contributed by atoms with Gasteiger partial charge in [0.15, 0.2) is 5.11 Å². The first-order valence-electron chi connectivity index (χ1n) is 11.1. The molecule has 6 nitrogen and oxygen atoms in total. The Balaban J connectivity index is 1.71. The van der Waals surface area contributed by atoms with Crippen molar-refractivity contribution in [3.8, 4) is 16.9 Å². The lowest BCUT2D eigenvalue weighted by molar-refractivity contribution is 0.363. The molecule has 4 aromatic rings. The highest BCUT2D eigenvalue weighted by molar-refractivity contribution is 7.80. The van der Waals surface area contributed by atoms with E-state index in [1.165, 1.54) is 0 Å². The Morgan fingerprint density at radius 3 is 2.63 bits per heavy atom. The minimum atomic E-state index is -0.200. The van der Waals surface area contributed by atoms with Crippen molar-refractivity contribution in [2.24, 2.45) is 5.10 Å². The second-order valence-corrected chi connectivity index (χ2v) is 9.02. The molecule has 0 fully saturated rings. The molecule has 0 bridgehead atoms. The van der Waals surface area contributed by atoms with E-state index in [1.54, 1.807) is 19.2 Å². The summed E-state index contributed by atoms with van der Waals surface area (Å²) < 4.78 is 5.43. The normalized spacial score (nSPS) is 15.2. The van der Waals surface area contributed by atoms with Crippen molar-refractivity contribution in [1.82, 2.24) is 15.3 Å². The molecule has 0 amide bonds. The molecule has 0 radical (unpaired) electrons. The SMILES string of the molecule is CNC(=S)N1N=C(c2c(-c3ccc(Cl)cc3)c3ccccc3[nH]c2=O)CC1c1cccc(OC)c1. The van der Waals surface area contributed by atoms with Crippen LogP contribution in [0.2, 0.25) is 5.02 Å². The number of aromatic amines is 1. The second kappa shape index (κ2) is 9.52. The summed E-state index contributed by atoms with van der Waals surface area (Å²) in [5.41, 5.74) is 4.45. The van der Waals surface area contributed by atoms with Crippen LogP contribution in [-0.4, -0.2) is 35.0 Å². The molecule has 2 heterocycles. The van der Waals surface area contributed by atoms with Gasteiger partial charge in [0.05, 0.1) is 24.4 Å². The van der Waals surface area contributed by atoms with Gasteiger partial charge in [-0.05, 0) is 53.7 Å². The lowest BCUT2D eigenvalue weighted by atomic mass is 9.91. The zero-order valence-corrected chi connectivity index (χ0v) is 20.8. The fraction of sp³-hybridized carbons (Fsp3) is 0.148. The van der Waals surface area contributed by atoms with Gasteiger partial charge in [-0.2, -0.15) is 5.10 Å². The number of fused-ring (bicyclic) bond motifs is 1. The summed E-state index contributed by atoms with van der Waals surface area (Å²) in [5, 5.41) is 11.7. The van der Waals surface area contributed by atoms with Crippen molar-refractivity contribution in [3.63, 3.8) is 0 Å². The summed E-state index contributed by atoms with van der Waals surface area (Å²) in [6, 6.07) is 22.9. The summed E-state index contributed by atoms with van der Waals surface area (Å²) in [6.45, 7) is 0. The van der Waals surface area contributed by atoms with E-state index in [2.05, 4.69) is 10.3 Å². The third-order valence-corrected chi connectivity index (χ3v) is 6.80. The molecule has 0 aliphatic carbocycles. The number of hydrogen-bond acceptors (Lipinski definition) is 4. The van der Waals surface area contributed by atoms with Crippen LogP contribution >= 0.6 is 23.8 Å². The molecular weight excluding hydrogens is 480 g/mol. The van der Waals surface area contributed by atoms with Crippen molar-refractivity contribution in [2.45, 2.75) is 12.5 Å². The second-order valence-electron chi connectivity index (χ2n) is 8.20. The molecule has 1 atom stereocenters. The van der Waals surface area contributed by atoms with Gasteiger partial charge in [-0.25, -0.2) is 5.01 Å². The van der Waals surface area contributed by atoms with Crippen molar-refractivity contribution >= 4 is 45.5 Å². The van der Waals surface area contributed by atoms with Crippen LogP contribution in [0.5, 0.6) is 5.75 Å². The predicted molar refractivity (Wildman–Crippen MR) is 145 cm³/mol. The number of para-hydroxylation sites is 1. The van der Waals surface area contributed by atoms with Crippen LogP contribution in [0.15, 0.2) is 82.7 Å². The van der Waals surface area contributed by atoms with Gasteiger partial charge in [-0.15, -0.1) is 0 Å². The molecule has 8 heteroatoms. The summed E-state index contributed by atoms with van der Waals surface area (Å²) in [4.78, 5) is 16.6. The van der Waals surface area contributed by atoms with Crippen molar-refractivity contribution in [2.75, 3.05) is 14.2 Å². The molecule has 1 aliphatic rings. The average Bonchev–Trinajstić information content (AvgIpc) is 3.33. The zero-order chi connectivity index (χ0) is 24.5. The molecule has 0 saturated heterocycles. The van der Waals surface area contributed by atoms with Gasteiger partial charge in [0.25, 0.3) is 5.56 Å². The van der Waals surface area contributed by atoms with E-state index in [-0.39, 0.29) is 11.6 Å². The molecule has 5 rings (SSSR count). The minimum absolute atomic E-state index is 0.191. The van der Waals surface area contributed by atoms with Gasteiger partial charge in [0.1, 0.15) is 5.75 Å². The number of H-pyrrole nitrogens is 1. The molecule has 2 N–H and O–H groups in total. The molecule has 0 saturated carbocycles. The highest BCUT2D eigenvalue weighted by Crippen LogP contribution is 2.37. The first-order valence-corrected chi connectivity index (χ1v) is 11.9. The van der Waals surface area contributed by atoms with E-state index < -0.39 is 0 Å². The smallest absolute Gasteiger partial charge is 0.258 e. The van der Waals surface area contributed by atoms with Crippen LogP contribution in [0.4, 0.5) is 0 Å². The largest absolute Gasteiger partial charge is 0.497 e. The van der Waals surface area contributed by atoms with Crippen LogP contribution in [-0.2, 0) is 0 Å². The molecular formula is C27H23ClN4O2S. The number of halogens is 1. The Labute approximate surface area is 213 Å². The van der Waals surface area contributed by atoms with Gasteiger partial charge < -0.3 is 15.0 Å². The third kappa shape index (κ3) is 4.29. The number of benzene rings is 3. The molecule has 3 aromatic carbocycles. The van der Waals surface area contributed by atoms with Crippen molar-refractivity contribution in [1.29, 1.82) is 0 Å². The third-order valence-electron chi connectivity index (χ3n) is 6.15. The van der Waals surface area contributed by atoms with Crippen molar-refractivity contribution < 1.29 is 4.74 Å². The number of nitrogens with zero attached hydrogens (tertiary/aromatic N) is 2. The van der Waals surface area contributed by atoms with E-state index in [4.69, 9.17) is 33.7 Å². The molecule has 1 unspecified atom stereocenters. The van der Waals surface area contributed by atoms with Crippen LogP contribution in [0.1, 0.15) is 23.6 Å². The zero-order valence-electron chi connectivity index (χ0n) is 19.2. The molecule has 35 heavy (non-hydrogen) atoms. The fourth-order valence-electron chi connectivity index (χ4n) is 4.51. The Kier molecular flexibility index (Phi) is 6.28. The van der Waals surface area contributed by atoms with Gasteiger partial charge in [0.2, 0.25) is 0 Å². The number of pyridine rings is 1. The number of nitrogens with one attached hydrogen (secondary N) is 2. The summed E-state index contributed by atoms with van der Waals surface area (Å²) in [6.07, 6.45) is 0.497. The van der Waals surface area contributed by atoms with E-state index in [1.807, 2.05) is 72.8 Å². The number of methoxy groups -OCH3 is 1. The summed E-state index contributed by atoms with van der Waals surface area (Å²) >= 11 is 11.7. The van der Waals surface area contributed by atoms with Gasteiger partial charge in [-0.3, -0.25) is 4.79 Å². The fourth-order valence-corrected chi connectivity index (χ4v) is 4.80.